The van der Waals surface area contributed by atoms with Crippen molar-refractivity contribution in [3.05, 3.63) is 36.4 Å². The second kappa shape index (κ2) is 7.79. The Morgan fingerprint density at radius 2 is 0.909 bits per heavy atom. The molecule has 4 aromatic carbocycles. The van der Waals surface area contributed by atoms with Crippen LogP contribution in [0.25, 0.3) is 32.3 Å². The van der Waals surface area contributed by atoms with Gasteiger partial charge in [-0.15, -0.1) is 0 Å². The van der Waals surface area contributed by atoms with Gasteiger partial charge in [-0.05, 0) is 22.9 Å². The molecule has 0 spiro atoms. The number of rotatable bonds is 4. The van der Waals surface area contributed by atoms with Gasteiger partial charge in [0.15, 0.2) is 0 Å². The van der Waals surface area contributed by atoms with E-state index >= 15 is 0 Å². The minimum absolute atomic E-state index is 0. The third kappa shape index (κ3) is 4.25. The van der Waals surface area contributed by atoms with Gasteiger partial charge < -0.3 is 0 Å². The van der Waals surface area contributed by atoms with Crippen molar-refractivity contribution in [1.82, 2.24) is 0 Å². The molecule has 33 heavy (non-hydrogen) atoms. The summed E-state index contributed by atoms with van der Waals surface area (Å²) in [6.45, 7) is 0. The van der Waals surface area contributed by atoms with Crippen molar-refractivity contribution in [1.29, 1.82) is 0 Å². The summed E-state index contributed by atoms with van der Waals surface area (Å²) in [4.78, 5) is -4.26. The molecule has 4 aromatic rings. The van der Waals surface area contributed by atoms with E-state index in [9.17, 15) is 51.9 Å². The van der Waals surface area contributed by atoms with Gasteiger partial charge in [-0.2, -0.15) is 33.7 Å². The summed E-state index contributed by atoms with van der Waals surface area (Å²) in [5, 5.41) is -1.64. The Kier molecular flexibility index (Phi) is 6.18. The number of benzene rings is 4. The molecule has 12 nitrogen and oxygen atoms in total. The molecule has 0 atom stereocenters. The predicted molar refractivity (Wildman–Crippen MR) is 117 cm³/mol. The van der Waals surface area contributed by atoms with Crippen LogP contribution in [0.3, 0.4) is 0 Å². The summed E-state index contributed by atoms with van der Waals surface area (Å²) in [6.07, 6.45) is 0. The molecule has 0 bridgehead atoms. The van der Waals surface area contributed by atoms with E-state index in [0.29, 0.717) is 12.1 Å². The van der Waals surface area contributed by atoms with Crippen LogP contribution in [0.1, 0.15) is 0 Å². The summed E-state index contributed by atoms with van der Waals surface area (Å²) in [7, 11) is -20.6. The van der Waals surface area contributed by atoms with E-state index in [0.717, 1.165) is 24.3 Å². The molecule has 0 amide bonds. The molecule has 0 aliphatic carbocycles. The molecule has 17 heteroatoms. The van der Waals surface area contributed by atoms with Crippen molar-refractivity contribution in [3.63, 3.8) is 0 Å². The maximum atomic E-state index is 12.0. The zero-order valence-electron chi connectivity index (χ0n) is 15.2. The van der Waals surface area contributed by atoms with E-state index in [1.54, 1.807) is 0 Å². The van der Waals surface area contributed by atoms with Crippen LogP contribution >= 0.6 is 0 Å². The van der Waals surface area contributed by atoms with Gasteiger partial charge >= 0.3 is 29.6 Å². The normalized spacial score (nSPS) is 13.6. The molecule has 0 unspecified atom stereocenters. The van der Waals surface area contributed by atoms with Crippen molar-refractivity contribution in [2.75, 3.05) is 0 Å². The van der Waals surface area contributed by atoms with Crippen LogP contribution in [0.4, 0.5) is 0 Å². The van der Waals surface area contributed by atoms with Crippen molar-refractivity contribution in [3.8, 4) is 0 Å². The maximum absolute atomic E-state index is 12.0. The minimum atomic E-state index is -5.29. The Morgan fingerprint density at radius 1 is 0.485 bits per heavy atom. The van der Waals surface area contributed by atoms with Crippen molar-refractivity contribution in [2.24, 2.45) is 0 Å². The quantitative estimate of drug-likeness (QED) is 0.160. The second-order valence-corrected chi connectivity index (χ2v) is 12.3. The average Bonchev–Trinajstić information content (AvgIpc) is 2.61. The summed E-state index contributed by atoms with van der Waals surface area (Å²) in [5.41, 5.74) is 0. The van der Waals surface area contributed by atoms with Crippen LogP contribution in [-0.4, -0.2) is 81.4 Å². The molecule has 0 aliphatic heterocycles. The predicted octanol–water partition coefficient (Wildman–Crippen LogP) is 0.922. The standard InChI is InChI=1S/C16H10O12S4.Na.H/c17-29(18,19)11-6-12(30(20,21)22)9-3-4-10-14-7(1-2-8(11)15(9)14)5-13(31(23,24)25)16(10)32(26,27)28;;/h1-6H,(H,17,18,19)(H,20,21,22)(H,23,24,25)(H,26,27,28);;. The fourth-order valence-electron chi connectivity index (χ4n) is 3.74. The first-order valence-electron chi connectivity index (χ1n) is 8.11. The molecule has 0 aliphatic rings. The fourth-order valence-corrected chi connectivity index (χ4v) is 7.26. The van der Waals surface area contributed by atoms with E-state index < -0.39 is 65.4 Å². The van der Waals surface area contributed by atoms with Gasteiger partial charge in [-0.1, -0.05) is 24.3 Å². The molecule has 4 rings (SSSR count). The van der Waals surface area contributed by atoms with Crippen molar-refractivity contribution >= 4 is 102 Å². The molecule has 0 aromatic heterocycles. The van der Waals surface area contributed by atoms with Crippen LogP contribution in [0.2, 0.25) is 0 Å². The third-order valence-corrected chi connectivity index (χ3v) is 8.58. The SMILES string of the molecule is O=S(=O)(O)c1cc2ccc3c(S(=O)(=O)O)cc(S(=O)(=O)O)c4ccc(c1S(=O)(=O)O)c2c34.[NaH]. The summed E-state index contributed by atoms with van der Waals surface area (Å²) in [5.74, 6) is 0. The van der Waals surface area contributed by atoms with Gasteiger partial charge in [0.2, 0.25) is 0 Å². The monoisotopic (exact) mass is 546 g/mol. The molecular formula is C16H11NaO12S4. The summed E-state index contributed by atoms with van der Waals surface area (Å²) in [6, 6.07) is 5.29. The van der Waals surface area contributed by atoms with E-state index in [1.165, 1.54) is 0 Å². The van der Waals surface area contributed by atoms with Gasteiger partial charge in [-0.25, -0.2) is 0 Å². The number of hydrogen-bond acceptors (Lipinski definition) is 8. The first kappa shape index (κ1) is 26.2. The van der Waals surface area contributed by atoms with Gasteiger partial charge in [0.05, 0.1) is 0 Å². The Morgan fingerprint density at radius 3 is 1.33 bits per heavy atom. The van der Waals surface area contributed by atoms with Crippen LogP contribution in [-0.2, 0) is 40.5 Å². The Balaban J connectivity index is 0.00000306. The van der Waals surface area contributed by atoms with Crippen LogP contribution in [0.5, 0.6) is 0 Å². The zero-order chi connectivity index (χ0) is 24.0. The van der Waals surface area contributed by atoms with Gasteiger partial charge in [0.25, 0.3) is 40.5 Å². The Hall–Kier alpha value is -1.44. The summed E-state index contributed by atoms with van der Waals surface area (Å²) < 4.78 is 134. The van der Waals surface area contributed by atoms with Gasteiger partial charge in [0.1, 0.15) is 19.6 Å². The van der Waals surface area contributed by atoms with E-state index in [4.69, 9.17) is 0 Å². The molecule has 172 valence electrons. The summed E-state index contributed by atoms with van der Waals surface area (Å²) >= 11 is 0. The fraction of sp³-hybridized carbons (Fsp3) is 0. The number of hydrogen-bond donors (Lipinski definition) is 4. The van der Waals surface area contributed by atoms with Crippen molar-refractivity contribution in [2.45, 2.75) is 19.6 Å². The Bertz CT molecular complexity index is 1860. The molecule has 0 saturated heterocycles. The molecule has 0 heterocycles. The molecule has 0 fully saturated rings. The van der Waals surface area contributed by atoms with E-state index in [2.05, 4.69) is 0 Å². The first-order valence-corrected chi connectivity index (χ1v) is 13.9. The first-order chi connectivity index (χ1) is 14.4. The van der Waals surface area contributed by atoms with E-state index in [-0.39, 0.29) is 56.5 Å². The van der Waals surface area contributed by atoms with Crippen LogP contribution in [0, 0.1) is 0 Å². The molecule has 4 N–H and O–H groups in total. The van der Waals surface area contributed by atoms with Crippen molar-refractivity contribution < 1.29 is 51.9 Å². The topological polar surface area (TPSA) is 217 Å². The van der Waals surface area contributed by atoms with Gasteiger partial charge in [-0.3, -0.25) is 18.2 Å². The van der Waals surface area contributed by atoms with Crippen LogP contribution in [0.15, 0.2) is 56.0 Å². The molecule has 0 saturated carbocycles. The molecular weight excluding hydrogens is 535 g/mol. The van der Waals surface area contributed by atoms with Crippen LogP contribution < -0.4 is 0 Å². The van der Waals surface area contributed by atoms with Gasteiger partial charge in [0, 0.05) is 21.5 Å². The Labute approximate surface area is 208 Å². The van der Waals surface area contributed by atoms with E-state index in [1.807, 2.05) is 0 Å². The third-order valence-electron chi connectivity index (χ3n) is 4.83. The second-order valence-electron chi connectivity index (χ2n) is 6.72. The zero-order valence-corrected chi connectivity index (χ0v) is 18.4. The molecule has 0 radical (unpaired) electrons. The average molecular weight is 547 g/mol.